The number of halogens is 1. The van der Waals surface area contributed by atoms with Crippen molar-refractivity contribution >= 4 is 5.95 Å². The van der Waals surface area contributed by atoms with Crippen LogP contribution in [0, 0.1) is 11.2 Å². The van der Waals surface area contributed by atoms with E-state index in [2.05, 4.69) is 19.8 Å². The molecule has 1 unspecified atom stereocenters. The van der Waals surface area contributed by atoms with Crippen LogP contribution in [0.1, 0.15) is 24.8 Å². The smallest absolute Gasteiger partial charge is 0.225 e. The van der Waals surface area contributed by atoms with E-state index in [9.17, 15) is 4.39 Å². The van der Waals surface area contributed by atoms with Gasteiger partial charge >= 0.3 is 0 Å². The van der Waals surface area contributed by atoms with E-state index in [-0.39, 0.29) is 5.82 Å². The van der Waals surface area contributed by atoms with E-state index < -0.39 is 0 Å². The van der Waals surface area contributed by atoms with Gasteiger partial charge in [-0.2, -0.15) is 0 Å². The lowest BCUT2D eigenvalue weighted by molar-refractivity contribution is 0.215. The van der Waals surface area contributed by atoms with Crippen LogP contribution in [-0.2, 0) is 6.54 Å². The van der Waals surface area contributed by atoms with Gasteiger partial charge in [-0.15, -0.1) is 0 Å². The summed E-state index contributed by atoms with van der Waals surface area (Å²) in [6, 6.07) is 8.76. The number of rotatable bonds is 3. The van der Waals surface area contributed by atoms with Gasteiger partial charge in [0.05, 0.1) is 0 Å². The van der Waals surface area contributed by atoms with Crippen LogP contribution in [0.25, 0.3) is 0 Å². The second kappa shape index (κ2) is 6.48. The summed E-state index contributed by atoms with van der Waals surface area (Å²) in [7, 11) is 0. The fourth-order valence-corrected chi connectivity index (χ4v) is 4.18. The quantitative estimate of drug-likeness (QED) is 0.867. The zero-order valence-corrected chi connectivity index (χ0v) is 13.9. The topological polar surface area (TPSA) is 32.3 Å². The maximum Gasteiger partial charge on any atom is 0.225 e. The molecule has 4 rings (SSSR count). The number of hydrogen-bond donors (Lipinski definition) is 0. The summed E-state index contributed by atoms with van der Waals surface area (Å²) in [6.07, 6.45) is 7.33. The first-order valence-corrected chi connectivity index (χ1v) is 8.71. The van der Waals surface area contributed by atoms with Gasteiger partial charge in [-0.1, -0.05) is 12.1 Å². The number of hydrogen-bond acceptors (Lipinski definition) is 4. The SMILES string of the molecule is Fc1ccc(CN2CCC3(CCCN(c4ncccn4)C3)C2)cc1. The Morgan fingerprint density at radius 1 is 1.00 bits per heavy atom. The Kier molecular flexibility index (Phi) is 4.19. The molecule has 1 aromatic carbocycles. The Morgan fingerprint density at radius 2 is 1.79 bits per heavy atom. The van der Waals surface area contributed by atoms with Crippen LogP contribution in [-0.4, -0.2) is 41.0 Å². The van der Waals surface area contributed by atoms with Gasteiger partial charge in [-0.25, -0.2) is 14.4 Å². The molecule has 2 aliphatic heterocycles. The molecule has 3 heterocycles. The van der Waals surface area contributed by atoms with Crippen LogP contribution in [0.4, 0.5) is 10.3 Å². The minimum Gasteiger partial charge on any atom is -0.340 e. The number of benzene rings is 1. The molecule has 0 amide bonds. The molecular formula is C19H23FN4. The molecule has 1 spiro atoms. The first kappa shape index (κ1) is 15.5. The molecule has 0 radical (unpaired) electrons. The fourth-order valence-electron chi connectivity index (χ4n) is 4.18. The van der Waals surface area contributed by atoms with Gasteiger partial charge in [-0.05, 0) is 49.6 Å². The number of anilines is 1. The van der Waals surface area contributed by atoms with Crippen molar-refractivity contribution < 1.29 is 4.39 Å². The zero-order valence-electron chi connectivity index (χ0n) is 13.9. The first-order chi connectivity index (χ1) is 11.7. The van der Waals surface area contributed by atoms with Crippen molar-refractivity contribution in [3.8, 4) is 0 Å². The molecule has 2 aromatic rings. The van der Waals surface area contributed by atoms with Gasteiger partial charge in [0.15, 0.2) is 0 Å². The molecule has 2 saturated heterocycles. The molecule has 0 aliphatic carbocycles. The predicted octanol–water partition coefficient (Wildman–Crippen LogP) is 3.11. The summed E-state index contributed by atoms with van der Waals surface area (Å²) in [5.74, 6) is 0.691. The normalized spacial score (nSPS) is 24.6. The molecule has 2 fully saturated rings. The van der Waals surface area contributed by atoms with E-state index in [1.807, 2.05) is 30.6 Å². The Bertz CT molecular complexity index is 676. The number of likely N-dealkylation sites (tertiary alicyclic amines) is 1. The molecular weight excluding hydrogens is 303 g/mol. The lowest BCUT2D eigenvalue weighted by atomic mass is 9.79. The summed E-state index contributed by atoms with van der Waals surface area (Å²) in [6.45, 7) is 5.21. The zero-order chi connectivity index (χ0) is 16.4. The van der Waals surface area contributed by atoms with Crippen molar-refractivity contribution in [1.82, 2.24) is 14.9 Å². The van der Waals surface area contributed by atoms with Crippen LogP contribution in [0.3, 0.4) is 0 Å². The number of nitrogens with zero attached hydrogens (tertiary/aromatic N) is 4. The minimum absolute atomic E-state index is 0.164. The summed E-state index contributed by atoms with van der Waals surface area (Å²) < 4.78 is 13.1. The predicted molar refractivity (Wildman–Crippen MR) is 92.2 cm³/mol. The van der Waals surface area contributed by atoms with E-state index >= 15 is 0 Å². The van der Waals surface area contributed by atoms with Crippen LogP contribution in [0.15, 0.2) is 42.7 Å². The van der Waals surface area contributed by atoms with E-state index in [0.29, 0.717) is 5.41 Å². The third kappa shape index (κ3) is 3.26. The van der Waals surface area contributed by atoms with E-state index in [1.165, 1.54) is 24.8 Å². The molecule has 4 nitrogen and oxygen atoms in total. The third-order valence-electron chi connectivity index (χ3n) is 5.33. The Balaban J connectivity index is 1.42. The highest BCUT2D eigenvalue weighted by atomic mass is 19.1. The molecule has 1 aromatic heterocycles. The monoisotopic (exact) mass is 326 g/mol. The molecule has 5 heteroatoms. The van der Waals surface area contributed by atoms with Crippen molar-refractivity contribution in [2.24, 2.45) is 5.41 Å². The van der Waals surface area contributed by atoms with Crippen LogP contribution in [0.2, 0.25) is 0 Å². The Labute approximate surface area is 142 Å². The summed E-state index contributed by atoms with van der Waals surface area (Å²) >= 11 is 0. The number of piperidine rings is 1. The highest BCUT2D eigenvalue weighted by Gasteiger charge is 2.41. The van der Waals surface area contributed by atoms with Crippen LogP contribution < -0.4 is 4.90 Å². The van der Waals surface area contributed by atoms with Crippen molar-refractivity contribution in [1.29, 1.82) is 0 Å². The largest absolute Gasteiger partial charge is 0.340 e. The summed E-state index contributed by atoms with van der Waals surface area (Å²) in [5.41, 5.74) is 1.53. The molecule has 24 heavy (non-hydrogen) atoms. The van der Waals surface area contributed by atoms with E-state index in [0.717, 1.165) is 38.7 Å². The van der Waals surface area contributed by atoms with E-state index in [4.69, 9.17) is 0 Å². The third-order valence-corrected chi connectivity index (χ3v) is 5.33. The second-order valence-electron chi connectivity index (χ2n) is 7.16. The maximum absolute atomic E-state index is 13.1. The van der Waals surface area contributed by atoms with Crippen LogP contribution in [0.5, 0.6) is 0 Å². The Morgan fingerprint density at radius 3 is 2.58 bits per heavy atom. The first-order valence-electron chi connectivity index (χ1n) is 8.71. The lowest BCUT2D eigenvalue weighted by Gasteiger charge is -2.40. The van der Waals surface area contributed by atoms with Gasteiger partial charge < -0.3 is 4.90 Å². The molecule has 0 bridgehead atoms. The molecule has 2 aliphatic rings. The highest BCUT2D eigenvalue weighted by Crippen LogP contribution is 2.40. The molecule has 1 atom stereocenters. The van der Waals surface area contributed by atoms with Gasteiger partial charge in [0.25, 0.3) is 0 Å². The molecule has 0 N–H and O–H groups in total. The second-order valence-corrected chi connectivity index (χ2v) is 7.16. The van der Waals surface area contributed by atoms with Crippen molar-refractivity contribution in [3.63, 3.8) is 0 Å². The summed E-state index contributed by atoms with van der Waals surface area (Å²) in [5, 5.41) is 0. The van der Waals surface area contributed by atoms with E-state index in [1.54, 1.807) is 12.1 Å². The lowest BCUT2D eigenvalue weighted by Crippen LogP contribution is -2.45. The van der Waals surface area contributed by atoms with Gasteiger partial charge in [0.1, 0.15) is 5.82 Å². The van der Waals surface area contributed by atoms with Crippen molar-refractivity contribution in [3.05, 3.63) is 54.1 Å². The number of aromatic nitrogens is 2. The minimum atomic E-state index is -0.164. The average molecular weight is 326 g/mol. The maximum atomic E-state index is 13.1. The standard InChI is InChI=1S/C19H23FN4/c20-17-5-3-16(4-6-17)13-23-12-8-19(14-23)7-1-11-24(15-19)18-21-9-2-10-22-18/h2-6,9-10H,1,7-8,11-15H2. The fraction of sp³-hybridized carbons (Fsp3) is 0.474. The van der Waals surface area contributed by atoms with Gasteiger partial charge in [0.2, 0.25) is 5.95 Å². The van der Waals surface area contributed by atoms with Crippen molar-refractivity contribution in [2.45, 2.75) is 25.8 Å². The average Bonchev–Trinajstić information content (AvgIpc) is 2.99. The van der Waals surface area contributed by atoms with Gasteiger partial charge in [-0.3, -0.25) is 4.90 Å². The summed E-state index contributed by atoms with van der Waals surface area (Å²) in [4.78, 5) is 13.7. The van der Waals surface area contributed by atoms with Crippen molar-refractivity contribution in [2.75, 3.05) is 31.1 Å². The highest BCUT2D eigenvalue weighted by molar-refractivity contribution is 5.30. The van der Waals surface area contributed by atoms with Gasteiger partial charge in [0, 0.05) is 44.0 Å². The van der Waals surface area contributed by atoms with Crippen LogP contribution >= 0.6 is 0 Å². The molecule has 0 saturated carbocycles. The Hall–Kier alpha value is -2.01. The molecule has 126 valence electrons.